The summed E-state index contributed by atoms with van der Waals surface area (Å²) in [6, 6.07) is 8.75. The number of benzene rings is 2. The molecule has 9 nitrogen and oxygen atoms in total. The maximum absolute atomic E-state index is 14.4. The summed E-state index contributed by atoms with van der Waals surface area (Å²) in [7, 11) is 0. The van der Waals surface area contributed by atoms with Gasteiger partial charge in [-0.1, -0.05) is 18.2 Å². The SMILES string of the molecule is O=C=c1[nH]c2ncc(-n3ncc(C(=O)Nc4ccc(-n5cccn5)c(C(F)(F)F)c4)c3C(F)(F)F)c3cccc1c23. The predicted octanol–water partition coefficient (Wildman–Crippen LogP) is 4.60. The van der Waals surface area contributed by atoms with Crippen molar-refractivity contribution >= 4 is 39.3 Å². The topological polar surface area (TPSA) is 110 Å². The molecule has 6 aromatic rings. The van der Waals surface area contributed by atoms with Crippen LogP contribution in [-0.4, -0.2) is 41.4 Å². The number of aromatic amines is 1. The summed E-state index contributed by atoms with van der Waals surface area (Å²) < 4.78 is 85.9. The average molecular weight is 569 g/mol. The predicted molar refractivity (Wildman–Crippen MR) is 132 cm³/mol. The van der Waals surface area contributed by atoms with Gasteiger partial charge in [-0.15, -0.1) is 0 Å². The zero-order valence-corrected chi connectivity index (χ0v) is 20.2. The zero-order chi connectivity index (χ0) is 29.1. The van der Waals surface area contributed by atoms with E-state index in [1.165, 1.54) is 30.6 Å². The van der Waals surface area contributed by atoms with Crippen LogP contribution in [0, 0.1) is 0 Å². The third kappa shape index (κ3) is 4.28. The van der Waals surface area contributed by atoms with E-state index in [9.17, 15) is 35.9 Å². The molecule has 0 fully saturated rings. The average Bonchev–Trinajstić information content (AvgIpc) is 3.68. The fourth-order valence-electron chi connectivity index (χ4n) is 4.64. The van der Waals surface area contributed by atoms with Gasteiger partial charge < -0.3 is 10.3 Å². The summed E-state index contributed by atoms with van der Waals surface area (Å²) in [6.07, 6.45) is -5.65. The van der Waals surface area contributed by atoms with E-state index in [2.05, 4.69) is 25.5 Å². The minimum absolute atomic E-state index is 0.0589. The lowest BCUT2D eigenvalue weighted by molar-refractivity contribution is -0.143. The minimum atomic E-state index is -5.11. The molecule has 2 aromatic carbocycles. The van der Waals surface area contributed by atoms with Crippen molar-refractivity contribution in [2.45, 2.75) is 12.4 Å². The standard InChI is InChI=1S/C26H13F6N7O2/c27-25(28,29)17-9-13(5-6-19(17)38-8-2-7-34-38)36-24(41)16-10-35-39(22(16)26(30,31)32)20-11-33-23-21-14(18(12-40)37-23)3-1-4-15(20)21/h1-11H,(H,33,37)(H,36,41). The number of hydrogen-bond donors (Lipinski definition) is 2. The summed E-state index contributed by atoms with van der Waals surface area (Å²) in [5, 5.41) is 10.7. The van der Waals surface area contributed by atoms with Crippen molar-refractivity contribution in [3.63, 3.8) is 0 Å². The van der Waals surface area contributed by atoms with Crippen molar-refractivity contribution in [1.29, 1.82) is 0 Å². The molecule has 0 bridgehead atoms. The van der Waals surface area contributed by atoms with E-state index in [0.29, 0.717) is 27.7 Å². The Morgan fingerprint density at radius 1 is 0.927 bits per heavy atom. The Labute approximate surface area is 223 Å². The Morgan fingerprint density at radius 3 is 2.39 bits per heavy atom. The molecular weight excluding hydrogens is 556 g/mol. The van der Waals surface area contributed by atoms with Gasteiger partial charge >= 0.3 is 12.4 Å². The number of pyridine rings is 1. The molecular formula is C26H13F6N7O2. The molecule has 0 saturated carbocycles. The van der Waals surface area contributed by atoms with E-state index >= 15 is 0 Å². The van der Waals surface area contributed by atoms with Crippen molar-refractivity contribution in [2.75, 3.05) is 5.32 Å². The molecule has 15 heteroatoms. The second kappa shape index (κ2) is 9.06. The van der Waals surface area contributed by atoms with Gasteiger partial charge in [-0.05, 0) is 24.3 Å². The molecule has 4 heterocycles. The number of carbonyl (C=O) groups excluding carboxylic acids is 2. The molecule has 1 amide bonds. The van der Waals surface area contributed by atoms with Crippen molar-refractivity contribution in [2.24, 2.45) is 0 Å². The first kappa shape index (κ1) is 25.8. The van der Waals surface area contributed by atoms with Gasteiger partial charge in [0.1, 0.15) is 11.0 Å². The number of alkyl halides is 6. The fourth-order valence-corrected chi connectivity index (χ4v) is 4.64. The van der Waals surface area contributed by atoms with Crippen LogP contribution in [-0.2, 0) is 17.1 Å². The monoisotopic (exact) mass is 569 g/mol. The molecule has 0 spiro atoms. The molecule has 0 aliphatic heterocycles. The molecule has 206 valence electrons. The van der Waals surface area contributed by atoms with E-state index < -0.39 is 40.8 Å². The number of carbonyl (C=O) groups is 1. The van der Waals surface area contributed by atoms with E-state index in [0.717, 1.165) is 23.0 Å². The van der Waals surface area contributed by atoms with Crippen LogP contribution in [0.25, 0.3) is 33.2 Å². The van der Waals surface area contributed by atoms with Gasteiger partial charge in [-0.25, -0.2) is 19.1 Å². The van der Waals surface area contributed by atoms with E-state index in [-0.39, 0.29) is 27.8 Å². The molecule has 0 aliphatic rings. The van der Waals surface area contributed by atoms with Crippen LogP contribution in [0.2, 0.25) is 0 Å². The molecule has 2 N–H and O–H groups in total. The highest BCUT2D eigenvalue weighted by Gasteiger charge is 2.41. The van der Waals surface area contributed by atoms with Gasteiger partial charge in [-0.3, -0.25) is 4.79 Å². The van der Waals surface area contributed by atoms with Gasteiger partial charge in [0.15, 0.2) is 11.6 Å². The molecule has 41 heavy (non-hydrogen) atoms. The van der Waals surface area contributed by atoms with Crippen LogP contribution in [0.5, 0.6) is 0 Å². The zero-order valence-electron chi connectivity index (χ0n) is 20.2. The Morgan fingerprint density at radius 2 is 1.71 bits per heavy atom. The number of nitrogens with one attached hydrogen (secondary N) is 2. The number of hydrogen-bond acceptors (Lipinski definition) is 5. The smallest absolute Gasteiger partial charge is 0.330 e. The fraction of sp³-hybridized carbons (Fsp3) is 0.0769. The quantitative estimate of drug-likeness (QED) is 0.302. The van der Waals surface area contributed by atoms with Crippen LogP contribution < -0.4 is 10.7 Å². The third-order valence-corrected chi connectivity index (χ3v) is 6.33. The summed E-state index contributed by atoms with van der Waals surface area (Å²) >= 11 is 0. The highest BCUT2D eigenvalue weighted by atomic mass is 19.4. The van der Waals surface area contributed by atoms with Crippen molar-refractivity contribution in [3.05, 3.63) is 89.4 Å². The number of anilines is 1. The maximum atomic E-state index is 14.4. The van der Waals surface area contributed by atoms with E-state index in [1.54, 1.807) is 12.0 Å². The first-order valence-corrected chi connectivity index (χ1v) is 11.6. The number of rotatable bonds is 4. The van der Waals surface area contributed by atoms with Crippen molar-refractivity contribution in [1.82, 2.24) is 29.5 Å². The Hall–Kier alpha value is -5.43. The lowest BCUT2D eigenvalue weighted by atomic mass is 10.1. The van der Waals surface area contributed by atoms with Crippen LogP contribution in [0.1, 0.15) is 21.6 Å². The Kier molecular flexibility index (Phi) is 5.71. The van der Waals surface area contributed by atoms with E-state index in [4.69, 9.17) is 0 Å². The molecule has 6 rings (SSSR count). The van der Waals surface area contributed by atoms with Crippen LogP contribution in [0.15, 0.2) is 67.3 Å². The van der Waals surface area contributed by atoms with Gasteiger partial charge in [0.2, 0.25) is 0 Å². The highest BCUT2D eigenvalue weighted by Crippen LogP contribution is 2.38. The van der Waals surface area contributed by atoms with Crippen LogP contribution in [0.4, 0.5) is 32.0 Å². The molecule has 0 atom stereocenters. The summed E-state index contributed by atoms with van der Waals surface area (Å²) in [5.41, 5.74) is -4.22. The van der Waals surface area contributed by atoms with E-state index in [1.807, 2.05) is 0 Å². The first-order chi connectivity index (χ1) is 19.5. The Bertz CT molecular complexity index is 2030. The maximum Gasteiger partial charge on any atom is 0.434 e. The highest BCUT2D eigenvalue weighted by molar-refractivity contribution is 6.11. The number of nitrogens with zero attached hydrogens (tertiary/aromatic N) is 5. The molecule has 4 aromatic heterocycles. The second-order valence-corrected chi connectivity index (χ2v) is 8.77. The first-order valence-electron chi connectivity index (χ1n) is 11.6. The number of amides is 1. The normalized spacial score (nSPS) is 12.2. The number of aromatic nitrogens is 6. The van der Waals surface area contributed by atoms with Crippen molar-refractivity contribution < 1.29 is 35.9 Å². The Balaban J connectivity index is 1.44. The largest absolute Gasteiger partial charge is 0.434 e. The molecule has 0 unspecified atom stereocenters. The lowest BCUT2D eigenvalue weighted by Crippen LogP contribution is -2.21. The molecule has 0 aliphatic carbocycles. The van der Waals surface area contributed by atoms with Crippen LogP contribution >= 0.6 is 0 Å². The third-order valence-electron chi connectivity index (χ3n) is 6.33. The van der Waals surface area contributed by atoms with Crippen molar-refractivity contribution in [3.8, 4) is 11.4 Å². The number of halogens is 6. The van der Waals surface area contributed by atoms with Gasteiger partial charge in [0.05, 0.1) is 34.9 Å². The van der Waals surface area contributed by atoms with Gasteiger partial charge in [0, 0.05) is 34.2 Å². The molecule has 0 saturated heterocycles. The van der Waals surface area contributed by atoms with Gasteiger partial charge in [0.25, 0.3) is 5.91 Å². The van der Waals surface area contributed by atoms with Crippen LogP contribution in [0.3, 0.4) is 0 Å². The summed E-state index contributed by atoms with van der Waals surface area (Å²) in [5.74, 6) is 0.380. The summed E-state index contributed by atoms with van der Waals surface area (Å²) in [6.45, 7) is 0. The number of H-pyrrole nitrogens is 1. The second-order valence-electron chi connectivity index (χ2n) is 8.77. The summed E-state index contributed by atoms with van der Waals surface area (Å²) in [4.78, 5) is 31.2. The molecule has 0 radical (unpaired) electrons. The lowest BCUT2D eigenvalue weighted by Gasteiger charge is -2.16. The van der Waals surface area contributed by atoms with Gasteiger partial charge in [-0.2, -0.15) is 36.5 Å². The minimum Gasteiger partial charge on any atom is -0.330 e.